The molecule has 0 bridgehead atoms. The lowest BCUT2D eigenvalue weighted by Gasteiger charge is -2.34. The Morgan fingerprint density at radius 2 is 1.71 bits per heavy atom. The Kier molecular flexibility index (Phi) is 7.81. The molecule has 6 rings (SSSR count). The molecule has 3 heterocycles. The second-order valence-electron chi connectivity index (χ2n) is 10.3. The van der Waals surface area contributed by atoms with Crippen molar-refractivity contribution in [2.24, 2.45) is 4.99 Å². The highest BCUT2D eigenvalue weighted by Crippen LogP contribution is 2.33. The van der Waals surface area contributed by atoms with E-state index in [4.69, 9.17) is 0 Å². The summed E-state index contributed by atoms with van der Waals surface area (Å²) in [5, 5.41) is 11.0. The number of amides is 3. The quantitative estimate of drug-likeness (QED) is 0.190. The number of urea groups is 1. The number of carbonyl (C=O) groups excluding carboxylic acids is 3. The van der Waals surface area contributed by atoms with Crippen LogP contribution in [0.15, 0.2) is 89.2 Å². The monoisotopic (exact) mass is 578 g/mol. The van der Waals surface area contributed by atoms with E-state index in [0.29, 0.717) is 22.5 Å². The molecule has 42 heavy (non-hydrogen) atoms. The molecule has 3 N–H and O–H groups in total. The van der Waals surface area contributed by atoms with Gasteiger partial charge in [-0.2, -0.15) is 0 Å². The Morgan fingerprint density at radius 1 is 0.929 bits per heavy atom. The molecule has 0 radical (unpaired) electrons. The minimum absolute atomic E-state index is 0.185. The van der Waals surface area contributed by atoms with Gasteiger partial charge in [-0.05, 0) is 72.6 Å². The number of ketones is 1. The van der Waals surface area contributed by atoms with Gasteiger partial charge in [0.05, 0.1) is 10.7 Å². The fourth-order valence-corrected chi connectivity index (χ4v) is 5.69. The van der Waals surface area contributed by atoms with E-state index >= 15 is 0 Å². The van der Waals surface area contributed by atoms with Crippen LogP contribution in [0.4, 0.5) is 32.5 Å². The molecule has 3 aromatic carbocycles. The third kappa shape index (κ3) is 6.09. The summed E-state index contributed by atoms with van der Waals surface area (Å²) in [7, 11) is 2.14. The molecule has 2 aliphatic heterocycles. The summed E-state index contributed by atoms with van der Waals surface area (Å²) in [6, 6.07) is 23.3. The minimum Gasteiger partial charge on any atom is -0.369 e. The Morgan fingerprint density at radius 3 is 2.48 bits per heavy atom. The summed E-state index contributed by atoms with van der Waals surface area (Å²) in [5.41, 5.74) is 4.67. The lowest BCUT2D eigenvalue weighted by Crippen LogP contribution is -2.44. The van der Waals surface area contributed by atoms with Crippen molar-refractivity contribution in [2.75, 3.05) is 54.1 Å². The van der Waals surface area contributed by atoms with Crippen molar-refractivity contribution >= 4 is 63.0 Å². The van der Waals surface area contributed by atoms with Crippen LogP contribution in [0.3, 0.4) is 0 Å². The number of carbonyl (C=O) groups is 3. The van der Waals surface area contributed by atoms with Crippen LogP contribution in [0, 0.1) is 0 Å². The molecular formula is C32H30N6O3S. The third-order valence-electron chi connectivity index (χ3n) is 7.42. The molecule has 10 heteroatoms. The number of anilines is 4. The molecule has 9 nitrogen and oxygen atoms in total. The highest BCUT2D eigenvalue weighted by Gasteiger charge is 2.30. The molecule has 3 amide bonds. The first kappa shape index (κ1) is 27.4. The van der Waals surface area contributed by atoms with Crippen LogP contribution in [-0.4, -0.2) is 62.1 Å². The first-order valence-electron chi connectivity index (χ1n) is 13.7. The number of hydrogen-bond acceptors (Lipinski definition) is 7. The van der Waals surface area contributed by atoms with Crippen LogP contribution in [0.1, 0.15) is 27.4 Å². The number of rotatable bonds is 7. The van der Waals surface area contributed by atoms with Crippen LogP contribution in [0.25, 0.3) is 0 Å². The van der Waals surface area contributed by atoms with Crippen LogP contribution >= 0.6 is 11.3 Å². The smallest absolute Gasteiger partial charge is 0.324 e. The van der Waals surface area contributed by atoms with Gasteiger partial charge in [-0.15, -0.1) is 11.3 Å². The van der Waals surface area contributed by atoms with Gasteiger partial charge in [-0.25, -0.2) is 4.79 Å². The fraction of sp³-hybridized carbons (Fsp3) is 0.188. The molecule has 1 fully saturated rings. The van der Waals surface area contributed by atoms with Crippen molar-refractivity contribution in [1.82, 2.24) is 4.90 Å². The summed E-state index contributed by atoms with van der Waals surface area (Å²) in [6.07, 6.45) is 1.66. The van der Waals surface area contributed by atoms with Gasteiger partial charge in [0.25, 0.3) is 0 Å². The number of nitrogens with one attached hydrogen (secondary N) is 3. The SMILES string of the molecule is CN1CCN(c2ccc(N=CC3C(=O)Nc4cc(C(=O)c5cccc(NC(=O)Nc6cccs6)c5)ccc43)cc2)CC1. The number of hydrogen-bond donors (Lipinski definition) is 3. The van der Waals surface area contributed by atoms with Gasteiger partial charge in [0.15, 0.2) is 5.78 Å². The Bertz CT molecular complexity index is 1640. The topological polar surface area (TPSA) is 106 Å². The normalized spacial score (nSPS) is 16.7. The third-order valence-corrected chi connectivity index (χ3v) is 8.21. The van der Waals surface area contributed by atoms with Gasteiger partial charge in [0.2, 0.25) is 5.91 Å². The van der Waals surface area contributed by atoms with Crippen LogP contribution in [0.5, 0.6) is 0 Å². The van der Waals surface area contributed by atoms with E-state index in [1.165, 1.54) is 17.0 Å². The van der Waals surface area contributed by atoms with E-state index in [0.717, 1.165) is 42.4 Å². The average Bonchev–Trinajstić information content (AvgIpc) is 3.62. The number of thiophene rings is 1. The average molecular weight is 579 g/mol. The van der Waals surface area contributed by atoms with E-state index < -0.39 is 5.92 Å². The van der Waals surface area contributed by atoms with E-state index in [1.807, 2.05) is 23.6 Å². The predicted octanol–water partition coefficient (Wildman–Crippen LogP) is 5.81. The molecule has 4 aromatic rings. The number of benzene rings is 3. The van der Waals surface area contributed by atoms with Crippen LogP contribution in [-0.2, 0) is 4.79 Å². The lowest BCUT2D eigenvalue weighted by molar-refractivity contribution is -0.115. The summed E-state index contributed by atoms with van der Waals surface area (Å²) >= 11 is 1.42. The maximum atomic E-state index is 13.3. The predicted molar refractivity (Wildman–Crippen MR) is 169 cm³/mol. The van der Waals surface area contributed by atoms with E-state index in [2.05, 4.69) is 49.9 Å². The van der Waals surface area contributed by atoms with Crippen LogP contribution in [0.2, 0.25) is 0 Å². The second kappa shape index (κ2) is 12.0. The van der Waals surface area contributed by atoms with Gasteiger partial charge >= 0.3 is 6.03 Å². The van der Waals surface area contributed by atoms with Gasteiger partial charge in [-0.3, -0.25) is 19.9 Å². The van der Waals surface area contributed by atoms with Crippen LogP contribution < -0.4 is 20.9 Å². The molecule has 0 aliphatic carbocycles. The molecule has 1 atom stereocenters. The number of likely N-dealkylation sites (N-methyl/N-ethyl adjacent to an activating group) is 1. The van der Waals surface area contributed by atoms with Crippen molar-refractivity contribution in [2.45, 2.75) is 5.92 Å². The molecule has 212 valence electrons. The molecule has 2 aliphatic rings. The maximum Gasteiger partial charge on any atom is 0.324 e. The standard InChI is InChI=1S/C32H30N6O3S/c1-37-13-15-38(16-14-37)25-10-8-23(9-11-25)33-20-27-26-12-7-22(19-28(26)35-31(27)40)30(39)21-4-2-5-24(18-21)34-32(41)36-29-6-3-17-42-29/h2-12,17-20,27H,13-16H2,1H3,(H,35,40)(H2,34,36,41). The first-order valence-corrected chi connectivity index (χ1v) is 14.6. The van der Waals surface area contributed by atoms with Crippen molar-refractivity contribution in [3.63, 3.8) is 0 Å². The van der Waals surface area contributed by atoms with Gasteiger partial charge in [0.1, 0.15) is 5.92 Å². The minimum atomic E-state index is -0.546. The zero-order valence-corrected chi connectivity index (χ0v) is 23.9. The first-order chi connectivity index (χ1) is 20.4. The van der Waals surface area contributed by atoms with Gasteiger partial charge < -0.3 is 20.4 Å². The van der Waals surface area contributed by atoms with Crippen molar-refractivity contribution < 1.29 is 14.4 Å². The summed E-state index contributed by atoms with van der Waals surface area (Å²) in [4.78, 5) is 47.7. The second-order valence-corrected chi connectivity index (χ2v) is 11.3. The lowest BCUT2D eigenvalue weighted by atomic mass is 9.97. The fourth-order valence-electron chi connectivity index (χ4n) is 5.08. The van der Waals surface area contributed by atoms with Crippen molar-refractivity contribution in [1.29, 1.82) is 0 Å². The summed E-state index contributed by atoms with van der Waals surface area (Å²) in [5.74, 6) is -0.946. The van der Waals surface area contributed by atoms with Gasteiger partial charge in [0, 0.05) is 60.6 Å². The van der Waals surface area contributed by atoms with E-state index in [-0.39, 0.29) is 17.7 Å². The zero-order valence-electron chi connectivity index (χ0n) is 23.0. The van der Waals surface area contributed by atoms with Crippen molar-refractivity contribution in [3.05, 3.63) is 101 Å². The number of piperazine rings is 1. The molecule has 0 saturated carbocycles. The zero-order chi connectivity index (χ0) is 29.1. The Labute approximate surface area is 247 Å². The largest absolute Gasteiger partial charge is 0.369 e. The molecular weight excluding hydrogens is 548 g/mol. The highest BCUT2D eigenvalue weighted by molar-refractivity contribution is 7.14. The highest BCUT2D eigenvalue weighted by atomic mass is 32.1. The molecule has 0 spiro atoms. The van der Waals surface area contributed by atoms with E-state index in [1.54, 1.807) is 54.7 Å². The Hall–Kier alpha value is -4.80. The molecule has 1 aromatic heterocycles. The maximum absolute atomic E-state index is 13.3. The number of nitrogens with zero attached hydrogens (tertiary/aromatic N) is 3. The van der Waals surface area contributed by atoms with Crippen molar-refractivity contribution in [3.8, 4) is 0 Å². The Balaban J connectivity index is 1.12. The summed E-state index contributed by atoms with van der Waals surface area (Å²) < 4.78 is 0. The summed E-state index contributed by atoms with van der Waals surface area (Å²) in [6.45, 7) is 4.08. The van der Waals surface area contributed by atoms with Gasteiger partial charge in [-0.1, -0.05) is 24.3 Å². The molecule has 1 unspecified atom stereocenters. The van der Waals surface area contributed by atoms with E-state index in [9.17, 15) is 14.4 Å². The number of aliphatic imine (C=N–C) groups is 1. The number of fused-ring (bicyclic) bond motifs is 1. The molecule has 1 saturated heterocycles.